The van der Waals surface area contributed by atoms with E-state index in [0.29, 0.717) is 5.89 Å². The average molecular weight is 350 g/mol. The molecule has 3 heteroatoms. The molecular formula is C19H12BrNO. The number of benzene rings is 3. The third-order valence-electron chi connectivity index (χ3n) is 3.59. The predicted octanol–water partition coefficient (Wildman–Crippen LogP) is 5.92. The van der Waals surface area contributed by atoms with Crippen molar-refractivity contribution in [2.75, 3.05) is 0 Å². The summed E-state index contributed by atoms with van der Waals surface area (Å²) in [6.07, 6.45) is 0. The fraction of sp³-hybridized carbons (Fsp3) is 0. The molecule has 4 aromatic rings. The first-order valence-electron chi connectivity index (χ1n) is 7.01. The summed E-state index contributed by atoms with van der Waals surface area (Å²) in [4.78, 5) is 4.54. The van der Waals surface area contributed by atoms with Gasteiger partial charge in [-0.25, -0.2) is 4.98 Å². The molecule has 106 valence electrons. The summed E-state index contributed by atoms with van der Waals surface area (Å²) in [6, 6.07) is 24.4. The Morgan fingerprint density at radius 1 is 0.727 bits per heavy atom. The van der Waals surface area contributed by atoms with Crippen molar-refractivity contribution in [3.8, 4) is 22.6 Å². The van der Waals surface area contributed by atoms with Gasteiger partial charge in [0, 0.05) is 10.0 Å². The van der Waals surface area contributed by atoms with E-state index in [0.717, 1.165) is 21.1 Å². The van der Waals surface area contributed by atoms with Crippen LogP contribution in [0.15, 0.2) is 81.7 Å². The van der Waals surface area contributed by atoms with Crippen LogP contribution >= 0.6 is 15.9 Å². The number of fused-ring (bicyclic) bond motifs is 1. The second kappa shape index (κ2) is 5.43. The number of rotatable bonds is 2. The molecule has 22 heavy (non-hydrogen) atoms. The molecule has 3 aromatic carbocycles. The molecule has 0 aliphatic rings. The van der Waals surface area contributed by atoms with E-state index >= 15 is 0 Å². The van der Waals surface area contributed by atoms with E-state index in [1.54, 1.807) is 0 Å². The molecule has 0 radical (unpaired) electrons. The standard InChI is InChI=1S/C19H12BrNO/c20-16-10-11-17-18(12-16)22-19(21-17)15-8-6-14(7-9-15)13-4-2-1-3-5-13/h1-12H. The van der Waals surface area contributed by atoms with Gasteiger partial charge < -0.3 is 4.42 Å². The number of hydrogen-bond acceptors (Lipinski definition) is 2. The largest absolute Gasteiger partial charge is 0.436 e. The van der Waals surface area contributed by atoms with Crippen LogP contribution in [0.1, 0.15) is 0 Å². The summed E-state index contributed by atoms with van der Waals surface area (Å²) in [6.45, 7) is 0. The number of hydrogen-bond donors (Lipinski definition) is 0. The van der Waals surface area contributed by atoms with E-state index in [2.05, 4.69) is 45.2 Å². The number of nitrogens with zero attached hydrogens (tertiary/aromatic N) is 1. The van der Waals surface area contributed by atoms with Crippen LogP contribution in [0.4, 0.5) is 0 Å². The van der Waals surface area contributed by atoms with E-state index < -0.39 is 0 Å². The number of oxazole rings is 1. The zero-order chi connectivity index (χ0) is 14.9. The lowest BCUT2D eigenvalue weighted by Gasteiger charge is -2.02. The predicted molar refractivity (Wildman–Crippen MR) is 92.6 cm³/mol. The van der Waals surface area contributed by atoms with Crippen molar-refractivity contribution in [3.05, 3.63) is 77.3 Å². The molecule has 2 nitrogen and oxygen atoms in total. The van der Waals surface area contributed by atoms with Gasteiger partial charge >= 0.3 is 0 Å². The third-order valence-corrected chi connectivity index (χ3v) is 4.08. The molecule has 4 rings (SSSR count). The Morgan fingerprint density at radius 2 is 1.41 bits per heavy atom. The molecule has 0 bridgehead atoms. The monoisotopic (exact) mass is 349 g/mol. The lowest BCUT2D eigenvalue weighted by Crippen LogP contribution is -1.79. The highest BCUT2D eigenvalue weighted by Crippen LogP contribution is 2.28. The van der Waals surface area contributed by atoms with Gasteiger partial charge in [0.15, 0.2) is 5.58 Å². The molecule has 0 aliphatic heterocycles. The van der Waals surface area contributed by atoms with E-state index in [1.165, 1.54) is 11.1 Å². The topological polar surface area (TPSA) is 26.0 Å². The van der Waals surface area contributed by atoms with Gasteiger partial charge in [-0.2, -0.15) is 0 Å². The van der Waals surface area contributed by atoms with Gasteiger partial charge in [-0.3, -0.25) is 0 Å². The van der Waals surface area contributed by atoms with Crippen LogP contribution in [0.5, 0.6) is 0 Å². The summed E-state index contributed by atoms with van der Waals surface area (Å²) in [5.41, 5.74) is 5.02. The summed E-state index contributed by atoms with van der Waals surface area (Å²) < 4.78 is 6.83. The van der Waals surface area contributed by atoms with Gasteiger partial charge in [0.2, 0.25) is 5.89 Å². The molecule has 0 saturated carbocycles. The van der Waals surface area contributed by atoms with Crippen LogP contribution < -0.4 is 0 Å². The Labute approximate surface area is 136 Å². The summed E-state index contributed by atoms with van der Waals surface area (Å²) in [5, 5.41) is 0. The van der Waals surface area contributed by atoms with Gasteiger partial charge in [0.1, 0.15) is 5.52 Å². The van der Waals surface area contributed by atoms with Gasteiger partial charge in [0.05, 0.1) is 0 Å². The Hall–Kier alpha value is -2.39. The van der Waals surface area contributed by atoms with Crippen molar-refractivity contribution in [2.45, 2.75) is 0 Å². The summed E-state index contributed by atoms with van der Waals surface area (Å²) in [7, 11) is 0. The Bertz CT molecular complexity index is 927. The fourth-order valence-electron chi connectivity index (χ4n) is 2.46. The van der Waals surface area contributed by atoms with E-state index in [4.69, 9.17) is 4.42 Å². The molecule has 1 heterocycles. The molecule has 0 fully saturated rings. The smallest absolute Gasteiger partial charge is 0.227 e. The molecule has 1 aromatic heterocycles. The minimum absolute atomic E-state index is 0.646. The van der Waals surface area contributed by atoms with Crippen molar-refractivity contribution in [1.29, 1.82) is 0 Å². The van der Waals surface area contributed by atoms with Gasteiger partial charge in [-0.15, -0.1) is 0 Å². The van der Waals surface area contributed by atoms with Gasteiger partial charge in [-0.1, -0.05) is 58.4 Å². The van der Waals surface area contributed by atoms with Crippen LogP contribution in [0.3, 0.4) is 0 Å². The number of halogens is 1. The maximum absolute atomic E-state index is 5.84. The first-order chi connectivity index (χ1) is 10.8. The van der Waals surface area contributed by atoms with Crippen molar-refractivity contribution >= 4 is 27.0 Å². The van der Waals surface area contributed by atoms with Crippen molar-refractivity contribution in [1.82, 2.24) is 4.98 Å². The van der Waals surface area contributed by atoms with Gasteiger partial charge in [0.25, 0.3) is 0 Å². The highest BCUT2D eigenvalue weighted by Gasteiger charge is 2.08. The first-order valence-corrected chi connectivity index (χ1v) is 7.81. The van der Waals surface area contributed by atoms with Crippen LogP contribution in [0, 0.1) is 0 Å². The van der Waals surface area contributed by atoms with Crippen molar-refractivity contribution < 1.29 is 4.42 Å². The van der Waals surface area contributed by atoms with Gasteiger partial charge in [-0.05, 0) is 41.5 Å². The molecule has 0 N–H and O–H groups in total. The first kappa shape index (κ1) is 13.3. The minimum atomic E-state index is 0.646. The lowest BCUT2D eigenvalue weighted by atomic mass is 10.0. The average Bonchev–Trinajstić information content (AvgIpc) is 2.99. The molecule has 0 amide bonds. The normalized spacial score (nSPS) is 11.0. The van der Waals surface area contributed by atoms with Crippen LogP contribution in [0.2, 0.25) is 0 Å². The van der Waals surface area contributed by atoms with E-state index in [-0.39, 0.29) is 0 Å². The zero-order valence-corrected chi connectivity index (χ0v) is 13.2. The molecule has 0 unspecified atom stereocenters. The second-order valence-corrected chi connectivity index (χ2v) is 5.99. The quantitative estimate of drug-likeness (QED) is 0.448. The Kier molecular flexibility index (Phi) is 3.28. The second-order valence-electron chi connectivity index (χ2n) is 5.07. The molecular weight excluding hydrogens is 338 g/mol. The SMILES string of the molecule is Brc1ccc2nc(-c3ccc(-c4ccccc4)cc3)oc2c1. The third kappa shape index (κ3) is 2.44. The Morgan fingerprint density at radius 3 is 2.18 bits per heavy atom. The highest BCUT2D eigenvalue weighted by molar-refractivity contribution is 9.10. The molecule has 0 spiro atoms. The summed E-state index contributed by atoms with van der Waals surface area (Å²) >= 11 is 3.45. The van der Waals surface area contributed by atoms with Crippen LogP contribution in [-0.2, 0) is 0 Å². The maximum atomic E-state index is 5.84. The highest BCUT2D eigenvalue weighted by atomic mass is 79.9. The van der Waals surface area contributed by atoms with Crippen molar-refractivity contribution in [2.24, 2.45) is 0 Å². The number of aromatic nitrogens is 1. The molecule has 0 atom stereocenters. The zero-order valence-electron chi connectivity index (χ0n) is 11.7. The molecule has 0 aliphatic carbocycles. The lowest BCUT2D eigenvalue weighted by molar-refractivity contribution is 0.619. The van der Waals surface area contributed by atoms with E-state index in [1.807, 2.05) is 48.5 Å². The van der Waals surface area contributed by atoms with Crippen LogP contribution in [0.25, 0.3) is 33.7 Å². The van der Waals surface area contributed by atoms with Crippen LogP contribution in [-0.4, -0.2) is 4.98 Å². The fourth-order valence-corrected chi connectivity index (χ4v) is 2.80. The summed E-state index contributed by atoms with van der Waals surface area (Å²) in [5.74, 6) is 0.646. The molecule has 0 saturated heterocycles. The van der Waals surface area contributed by atoms with Crippen molar-refractivity contribution in [3.63, 3.8) is 0 Å². The maximum Gasteiger partial charge on any atom is 0.227 e. The minimum Gasteiger partial charge on any atom is -0.436 e. The Balaban J connectivity index is 1.73. The van der Waals surface area contributed by atoms with E-state index in [9.17, 15) is 0 Å².